The van der Waals surface area contributed by atoms with Crippen molar-refractivity contribution in [3.8, 4) is 0 Å². The zero-order valence-electron chi connectivity index (χ0n) is 11.8. The van der Waals surface area contributed by atoms with Crippen LogP contribution in [0.5, 0.6) is 0 Å². The highest BCUT2D eigenvalue weighted by Gasteiger charge is 2.29. The minimum absolute atomic E-state index is 0.388. The summed E-state index contributed by atoms with van der Waals surface area (Å²) < 4.78 is 0. The zero-order valence-corrected chi connectivity index (χ0v) is 11.8. The Balaban J connectivity index is 1.97. The summed E-state index contributed by atoms with van der Waals surface area (Å²) in [6.45, 7) is 0. The van der Waals surface area contributed by atoms with Crippen molar-refractivity contribution in [2.45, 2.75) is 38.1 Å². The summed E-state index contributed by atoms with van der Waals surface area (Å²) >= 11 is 0. The van der Waals surface area contributed by atoms with E-state index in [0.717, 1.165) is 24.1 Å². The number of carbonyl (C=O) groups is 2. The molecule has 3 rings (SSSR count). The highest BCUT2D eigenvalue weighted by Crippen LogP contribution is 2.32. The second kappa shape index (κ2) is 5.23. The lowest BCUT2D eigenvalue weighted by Crippen LogP contribution is -2.34. The van der Waals surface area contributed by atoms with Crippen LogP contribution < -0.4 is 0 Å². The van der Waals surface area contributed by atoms with Gasteiger partial charge in [0.15, 0.2) is 0 Å². The zero-order chi connectivity index (χ0) is 14.1. The third kappa shape index (κ3) is 2.17. The lowest BCUT2D eigenvalue weighted by Gasteiger charge is -2.36. The molecule has 0 bridgehead atoms. The van der Waals surface area contributed by atoms with Gasteiger partial charge in [-0.1, -0.05) is 43.5 Å². The normalized spacial score (nSPS) is 19.6. The molecule has 1 fully saturated rings. The van der Waals surface area contributed by atoms with E-state index in [1.165, 1.54) is 25.3 Å². The molecule has 0 amide bonds. The first-order chi connectivity index (χ1) is 9.68. The summed E-state index contributed by atoms with van der Waals surface area (Å²) in [7, 11) is 2.04. The molecule has 20 heavy (non-hydrogen) atoms. The van der Waals surface area contributed by atoms with Gasteiger partial charge in [-0.05, 0) is 12.8 Å². The first-order valence-electron chi connectivity index (χ1n) is 7.31. The van der Waals surface area contributed by atoms with E-state index < -0.39 is 5.78 Å². The van der Waals surface area contributed by atoms with Gasteiger partial charge in [0.25, 0.3) is 0 Å². The highest BCUT2D eigenvalue weighted by molar-refractivity contribution is 6.50. The number of hydrogen-bond donors (Lipinski definition) is 0. The maximum atomic E-state index is 11.9. The van der Waals surface area contributed by atoms with Crippen molar-refractivity contribution in [3.05, 3.63) is 41.5 Å². The summed E-state index contributed by atoms with van der Waals surface area (Å²) in [5.41, 5.74) is 2.33. The quantitative estimate of drug-likeness (QED) is 0.774. The molecule has 0 aliphatic heterocycles. The molecule has 2 aliphatic carbocycles. The van der Waals surface area contributed by atoms with Gasteiger partial charge >= 0.3 is 0 Å². The van der Waals surface area contributed by atoms with Crippen LogP contribution in [0.4, 0.5) is 0 Å². The van der Waals surface area contributed by atoms with Crippen molar-refractivity contribution < 1.29 is 9.59 Å². The number of fused-ring (bicyclic) bond motifs is 1. The van der Waals surface area contributed by atoms with Crippen LogP contribution in [0, 0.1) is 0 Å². The van der Waals surface area contributed by atoms with E-state index in [-0.39, 0.29) is 5.78 Å². The van der Waals surface area contributed by atoms with E-state index in [2.05, 4.69) is 4.90 Å². The van der Waals surface area contributed by atoms with Gasteiger partial charge in [-0.15, -0.1) is 0 Å². The number of allylic oxidation sites excluding steroid dienone is 1. The molecule has 0 unspecified atom stereocenters. The monoisotopic (exact) mass is 269 g/mol. The molecule has 1 aromatic carbocycles. The number of nitrogens with zero attached hydrogens (tertiary/aromatic N) is 1. The first-order valence-corrected chi connectivity index (χ1v) is 7.31. The Hall–Kier alpha value is -1.90. The second-order valence-electron chi connectivity index (χ2n) is 5.67. The van der Waals surface area contributed by atoms with Gasteiger partial charge in [-0.3, -0.25) is 9.59 Å². The Labute approximate surface area is 119 Å². The Kier molecular flexibility index (Phi) is 3.43. The van der Waals surface area contributed by atoms with Crippen LogP contribution in [-0.4, -0.2) is 29.6 Å². The van der Waals surface area contributed by atoms with Crippen LogP contribution in [0.3, 0.4) is 0 Å². The number of hydrogen-bond acceptors (Lipinski definition) is 3. The average Bonchev–Trinajstić information content (AvgIpc) is 2.51. The first kappa shape index (κ1) is 13.1. The molecule has 0 heterocycles. The fourth-order valence-corrected chi connectivity index (χ4v) is 3.26. The van der Waals surface area contributed by atoms with Gasteiger partial charge in [-0.2, -0.15) is 0 Å². The predicted octanol–water partition coefficient (Wildman–Crippen LogP) is 3.06. The molecule has 3 nitrogen and oxygen atoms in total. The molecule has 0 atom stereocenters. The fraction of sp³-hybridized carbons (Fsp3) is 0.412. The van der Waals surface area contributed by atoms with Crippen LogP contribution >= 0.6 is 0 Å². The number of carbonyl (C=O) groups excluding carboxylic acids is 2. The minimum Gasteiger partial charge on any atom is -0.371 e. The van der Waals surface area contributed by atoms with Crippen LogP contribution in [0.1, 0.15) is 48.0 Å². The SMILES string of the molecule is CN(C1=CC(=O)C(=O)c2ccccc21)C1CCCCC1. The van der Waals surface area contributed by atoms with Crippen LogP contribution in [0.15, 0.2) is 30.3 Å². The van der Waals surface area contributed by atoms with Crippen LogP contribution in [-0.2, 0) is 4.79 Å². The van der Waals surface area contributed by atoms with E-state index in [1.807, 2.05) is 25.2 Å². The van der Waals surface area contributed by atoms with Gasteiger partial charge in [-0.25, -0.2) is 0 Å². The molecule has 104 valence electrons. The summed E-state index contributed by atoms with van der Waals surface area (Å²) in [5, 5.41) is 0. The molecule has 0 spiro atoms. The Bertz CT molecular complexity index is 582. The third-order valence-corrected chi connectivity index (χ3v) is 4.44. The lowest BCUT2D eigenvalue weighted by molar-refractivity contribution is -0.111. The summed E-state index contributed by atoms with van der Waals surface area (Å²) in [6.07, 6.45) is 7.64. The Morgan fingerprint density at radius 1 is 1.00 bits per heavy atom. The van der Waals surface area contributed by atoms with Crippen molar-refractivity contribution >= 4 is 17.3 Å². The molecular formula is C17H19NO2. The van der Waals surface area contributed by atoms with E-state index >= 15 is 0 Å². The molecule has 0 saturated heterocycles. The number of benzene rings is 1. The highest BCUT2D eigenvalue weighted by atomic mass is 16.2. The average molecular weight is 269 g/mol. The molecule has 1 saturated carbocycles. The summed E-state index contributed by atoms with van der Waals surface area (Å²) in [4.78, 5) is 26.0. The van der Waals surface area contributed by atoms with Crippen molar-refractivity contribution in [3.63, 3.8) is 0 Å². The molecule has 0 radical (unpaired) electrons. The molecule has 0 N–H and O–H groups in total. The van der Waals surface area contributed by atoms with Crippen molar-refractivity contribution in [1.82, 2.24) is 4.90 Å². The largest absolute Gasteiger partial charge is 0.371 e. The van der Waals surface area contributed by atoms with Gasteiger partial charge in [0.2, 0.25) is 11.6 Å². The van der Waals surface area contributed by atoms with Gasteiger partial charge in [0.1, 0.15) is 0 Å². The summed E-state index contributed by atoms with van der Waals surface area (Å²) in [6, 6.07) is 7.89. The van der Waals surface area contributed by atoms with E-state index in [0.29, 0.717) is 11.6 Å². The van der Waals surface area contributed by atoms with Gasteiger partial charge in [0.05, 0.1) is 0 Å². The lowest BCUT2D eigenvalue weighted by atomic mass is 9.89. The standard InChI is InChI=1S/C17H19NO2/c1-18(12-7-3-2-4-8-12)15-11-16(19)17(20)14-10-6-5-9-13(14)15/h5-6,9-12H,2-4,7-8H2,1H3. The topological polar surface area (TPSA) is 37.4 Å². The second-order valence-corrected chi connectivity index (χ2v) is 5.67. The minimum atomic E-state index is -0.402. The molecular weight excluding hydrogens is 250 g/mol. The Morgan fingerprint density at radius 3 is 2.35 bits per heavy atom. The fourth-order valence-electron chi connectivity index (χ4n) is 3.26. The van der Waals surface area contributed by atoms with Gasteiger partial charge < -0.3 is 4.90 Å². The number of Topliss-reactive ketones (excluding diaryl/α,β-unsaturated/α-hetero) is 1. The van der Waals surface area contributed by atoms with Crippen molar-refractivity contribution in [2.75, 3.05) is 7.05 Å². The maximum absolute atomic E-state index is 11.9. The molecule has 2 aliphatic rings. The van der Waals surface area contributed by atoms with E-state index in [9.17, 15) is 9.59 Å². The number of rotatable bonds is 2. The van der Waals surface area contributed by atoms with Crippen molar-refractivity contribution in [2.24, 2.45) is 0 Å². The Morgan fingerprint density at radius 2 is 1.65 bits per heavy atom. The maximum Gasteiger partial charge on any atom is 0.233 e. The van der Waals surface area contributed by atoms with Crippen molar-refractivity contribution in [1.29, 1.82) is 0 Å². The summed E-state index contributed by atoms with van der Waals surface area (Å²) in [5.74, 6) is -0.789. The molecule has 0 aromatic heterocycles. The number of ketones is 2. The molecule has 1 aromatic rings. The van der Waals surface area contributed by atoms with Crippen LogP contribution in [0.25, 0.3) is 5.70 Å². The predicted molar refractivity (Wildman–Crippen MR) is 78.4 cm³/mol. The third-order valence-electron chi connectivity index (χ3n) is 4.44. The van der Waals surface area contributed by atoms with Gasteiger partial charge in [0, 0.05) is 36.0 Å². The van der Waals surface area contributed by atoms with E-state index in [1.54, 1.807) is 6.07 Å². The van der Waals surface area contributed by atoms with Crippen LogP contribution in [0.2, 0.25) is 0 Å². The molecule has 3 heteroatoms. The van der Waals surface area contributed by atoms with E-state index in [4.69, 9.17) is 0 Å². The smallest absolute Gasteiger partial charge is 0.233 e.